The van der Waals surface area contributed by atoms with Crippen molar-refractivity contribution in [3.05, 3.63) is 51.6 Å². The number of cyclic esters (lactones) is 2. The quantitative estimate of drug-likeness (QED) is 0.251. The van der Waals surface area contributed by atoms with Crippen LogP contribution < -0.4 is 0 Å². The molecule has 0 aromatic heterocycles. The normalized spacial score (nSPS) is 13.6. The first-order valence-electron chi connectivity index (χ1n) is 5.07. The minimum Gasteiger partial charge on any atom is -0.335 e. The highest BCUT2D eigenvalue weighted by Crippen LogP contribution is 2.31. The van der Waals surface area contributed by atoms with Gasteiger partial charge in [0.15, 0.2) is 0 Å². The van der Waals surface area contributed by atoms with Gasteiger partial charge in [-0.3, -0.25) is 10.1 Å². The largest absolute Gasteiger partial charge is 0.527 e. The molecule has 6 nitrogen and oxygen atoms in total. The second-order valence-electron chi connectivity index (χ2n) is 3.85. The molecular formula is C12H6NO5+. The minimum absolute atomic E-state index is 0.0884. The molecule has 0 saturated carbocycles. The summed E-state index contributed by atoms with van der Waals surface area (Å²) >= 11 is 0. The standard InChI is InChI=1S/C12H5NO5/c14-11-8-4-6-2-1-3-10(13(16)17)7(6)5-9(8)12(15)18-11/h1-5H/p+1. The first kappa shape index (κ1) is 10.4. The van der Waals surface area contributed by atoms with Crippen molar-refractivity contribution in [2.75, 3.05) is 0 Å². The van der Waals surface area contributed by atoms with Crippen LogP contribution in [0.15, 0.2) is 30.3 Å². The molecule has 0 atom stereocenters. The van der Waals surface area contributed by atoms with Gasteiger partial charge in [-0.2, -0.15) is 0 Å². The van der Waals surface area contributed by atoms with Gasteiger partial charge in [0.25, 0.3) is 5.69 Å². The van der Waals surface area contributed by atoms with E-state index in [2.05, 4.69) is 4.74 Å². The van der Waals surface area contributed by atoms with Crippen molar-refractivity contribution < 1.29 is 19.2 Å². The maximum Gasteiger partial charge on any atom is 0.527 e. The number of nitro groups is 1. The number of esters is 2. The molecule has 88 valence electrons. The zero-order chi connectivity index (χ0) is 12.9. The molecule has 0 amide bonds. The molecule has 1 heterocycles. The highest BCUT2D eigenvalue weighted by atomic mass is 16.6. The second-order valence-corrected chi connectivity index (χ2v) is 3.85. The predicted molar refractivity (Wildman–Crippen MR) is 62.1 cm³/mol. The minimum atomic E-state index is -0.706. The average molecular weight is 244 g/mol. The summed E-state index contributed by atoms with van der Waals surface area (Å²) in [5.74, 6) is -1.18. The number of benzene rings is 2. The number of hydrogen-bond donors (Lipinski definition) is 0. The summed E-state index contributed by atoms with van der Waals surface area (Å²) in [7, 11) is 0. The van der Waals surface area contributed by atoms with E-state index in [1.165, 1.54) is 18.2 Å². The van der Waals surface area contributed by atoms with Gasteiger partial charge in [-0.1, -0.05) is 12.1 Å². The van der Waals surface area contributed by atoms with E-state index in [0.717, 1.165) is 0 Å². The maximum absolute atomic E-state index is 11.4. The molecule has 0 bridgehead atoms. The Morgan fingerprint density at radius 2 is 2.00 bits per heavy atom. The molecule has 0 fully saturated rings. The summed E-state index contributed by atoms with van der Waals surface area (Å²) in [6.45, 7) is 0. The third-order valence-corrected chi connectivity index (χ3v) is 2.83. The Labute approximate surface area is 99.9 Å². The zero-order valence-electron chi connectivity index (χ0n) is 8.91. The number of carbonyl (C=O) groups is 1. The van der Waals surface area contributed by atoms with Crippen LogP contribution in [0.4, 0.5) is 5.69 Å². The molecule has 0 radical (unpaired) electrons. The van der Waals surface area contributed by atoms with E-state index in [1.54, 1.807) is 12.1 Å². The summed E-state index contributed by atoms with van der Waals surface area (Å²) in [5, 5.41) is 11.8. The summed E-state index contributed by atoms with van der Waals surface area (Å²) < 4.78 is 4.57. The van der Waals surface area contributed by atoms with E-state index in [1.807, 2.05) is 0 Å². The van der Waals surface area contributed by atoms with Crippen LogP contribution in [0.5, 0.6) is 0 Å². The zero-order valence-corrected chi connectivity index (χ0v) is 8.91. The van der Waals surface area contributed by atoms with Gasteiger partial charge in [0, 0.05) is 6.07 Å². The molecule has 3 rings (SSSR count). The molecule has 0 spiro atoms. The fourth-order valence-electron chi connectivity index (χ4n) is 2.01. The van der Waals surface area contributed by atoms with Gasteiger partial charge in [0.1, 0.15) is 11.1 Å². The fraction of sp³-hybridized carbons (Fsp3) is 0. The Hall–Kier alpha value is -2.76. The van der Waals surface area contributed by atoms with Crippen molar-refractivity contribution in [2.45, 2.75) is 0 Å². The van der Waals surface area contributed by atoms with Crippen LogP contribution in [0.25, 0.3) is 10.8 Å². The van der Waals surface area contributed by atoms with Crippen molar-refractivity contribution in [3.8, 4) is 0 Å². The number of ether oxygens (including phenoxy) is 1. The number of non-ortho nitro benzene ring substituents is 1. The number of fused-ring (bicyclic) bond motifs is 2. The number of nitrogens with zero attached hydrogens (tertiary/aromatic N) is 1. The van der Waals surface area contributed by atoms with E-state index in [4.69, 9.17) is 0 Å². The lowest BCUT2D eigenvalue weighted by atomic mass is 10.0. The molecule has 0 aliphatic carbocycles. The molecule has 6 heteroatoms. The predicted octanol–water partition coefficient (Wildman–Crippen LogP) is 1.77. The molecule has 18 heavy (non-hydrogen) atoms. The van der Waals surface area contributed by atoms with Crippen molar-refractivity contribution in [1.29, 1.82) is 0 Å². The second kappa shape index (κ2) is 3.36. The first-order chi connectivity index (χ1) is 8.58. The smallest absolute Gasteiger partial charge is 0.335 e. The summed E-state index contributed by atoms with van der Waals surface area (Å²) in [5.41, 5.74) is 0.303. The van der Waals surface area contributed by atoms with Crippen LogP contribution in [0.2, 0.25) is 0 Å². The number of hydrogen-bond acceptors (Lipinski definition) is 4. The lowest BCUT2D eigenvalue weighted by Gasteiger charge is -1.99. The topological polar surface area (TPSA) is 90.8 Å². The molecule has 0 unspecified atom stereocenters. The van der Waals surface area contributed by atoms with Crippen molar-refractivity contribution >= 4 is 28.4 Å². The molecule has 1 aliphatic rings. The molecule has 2 aromatic carbocycles. The average Bonchev–Trinajstić information content (AvgIpc) is 2.61. The van der Waals surface area contributed by atoms with Crippen LogP contribution in [-0.2, 0) is 4.74 Å². The molecule has 0 saturated heterocycles. The van der Waals surface area contributed by atoms with Crippen LogP contribution in [0.3, 0.4) is 0 Å². The lowest BCUT2D eigenvalue weighted by Crippen LogP contribution is -1.98. The van der Waals surface area contributed by atoms with Gasteiger partial charge < -0.3 is 4.79 Å². The Kier molecular flexibility index (Phi) is 1.94. The van der Waals surface area contributed by atoms with Crippen molar-refractivity contribution in [3.63, 3.8) is 0 Å². The number of rotatable bonds is 1. The maximum atomic E-state index is 11.4. The fourth-order valence-corrected chi connectivity index (χ4v) is 2.01. The van der Waals surface area contributed by atoms with E-state index in [9.17, 15) is 19.7 Å². The first-order valence-corrected chi connectivity index (χ1v) is 5.07. The van der Waals surface area contributed by atoms with E-state index in [-0.39, 0.29) is 16.8 Å². The molecule has 2 aromatic rings. The highest BCUT2D eigenvalue weighted by Gasteiger charge is 2.39. The van der Waals surface area contributed by atoms with E-state index >= 15 is 0 Å². The van der Waals surface area contributed by atoms with Gasteiger partial charge in [-0.15, -0.1) is 0 Å². The molecule has 1 N–H and O–H groups in total. The Morgan fingerprint density at radius 3 is 2.72 bits per heavy atom. The Bertz CT molecular complexity index is 735. The van der Waals surface area contributed by atoms with Crippen molar-refractivity contribution in [1.82, 2.24) is 0 Å². The Morgan fingerprint density at radius 1 is 1.22 bits per heavy atom. The lowest BCUT2D eigenvalue weighted by molar-refractivity contribution is -0.383. The van der Waals surface area contributed by atoms with Crippen LogP contribution >= 0.6 is 0 Å². The number of carbonyl (C=O) groups excluding carboxylic acids is 2. The Balaban J connectivity index is 2.41. The summed E-state index contributed by atoms with van der Waals surface area (Å²) in [4.78, 5) is 31.2. The van der Waals surface area contributed by atoms with Crippen molar-refractivity contribution in [2.24, 2.45) is 0 Å². The van der Waals surface area contributed by atoms with Gasteiger partial charge in [-0.25, -0.2) is 9.53 Å². The summed E-state index contributed by atoms with van der Waals surface area (Å²) in [6, 6.07) is 7.44. The molecular weight excluding hydrogens is 238 g/mol. The van der Waals surface area contributed by atoms with Gasteiger partial charge in [-0.05, 0) is 17.5 Å². The van der Waals surface area contributed by atoms with Crippen LogP contribution in [0.1, 0.15) is 15.9 Å². The van der Waals surface area contributed by atoms with Crippen LogP contribution in [0, 0.1) is 10.1 Å². The van der Waals surface area contributed by atoms with E-state index < -0.39 is 16.9 Å². The number of nitro benzene ring substituents is 1. The monoisotopic (exact) mass is 244 g/mol. The molecule has 1 aliphatic heterocycles. The van der Waals surface area contributed by atoms with Gasteiger partial charge in [0.2, 0.25) is 0 Å². The van der Waals surface area contributed by atoms with E-state index in [0.29, 0.717) is 10.8 Å². The van der Waals surface area contributed by atoms with Gasteiger partial charge in [0.05, 0.1) is 10.3 Å². The summed E-state index contributed by atoms with van der Waals surface area (Å²) in [6.07, 6.45) is 0. The highest BCUT2D eigenvalue weighted by molar-refractivity contribution is 6.17. The third kappa shape index (κ3) is 1.29. The third-order valence-electron chi connectivity index (χ3n) is 2.83. The van der Waals surface area contributed by atoms with Crippen LogP contribution in [-0.4, -0.2) is 21.7 Å². The SMILES string of the molecule is O=C1OC(=[OH+])c2cc3cccc([N+](=O)[O-])c3cc21. The van der Waals surface area contributed by atoms with Gasteiger partial charge >= 0.3 is 11.9 Å².